The molecule has 58 valence electrons. The fourth-order valence-electron chi connectivity index (χ4n) is 0.985. The summed E-state index contributed by atoms with van der Waals surface area (Å²) < 4.78 is 11.4. The summed E-state index contributed by atoms with van der Waals surface area (Å²) in [6.45, 7) is 0.277. The van der Waals surface area contributed by atoms with E-state index in [-0.39, 0.29) is 6.79 Å². The predicted molar refractivity (Wildman–Crippen MR) is 49.7 cm³/mol. The van der Waals surface area contributed by atoms with Crippen LogP contribution in [-0.2, 0) is 0 Å². The van der Waals surface area contributed by atoms with Crippen LogP contribution in [-0.4, -0.2) is 6.79 Å². The minimum absolute atomic E-state index is 0.277. The maximum atomic E-state index is 5.63. The average Bonchev–Trinajstić information content (AvgIpc) is 2.45. The van der Waals surface area contributed by atoms with Crippen molar-refractivity contribution in [1.82, 2.24) is 0 Å². The quantitative estimate of drug-likeness (QED) is 0.571. The molecule has 0 aliphatic carbocycles. The minimum atomic E-state index is 0.277. The number of hydrogen-bond donors (Lipinski definition) is 1. The molecule has 0 saturated heterocycles. The molecule has 1 aromatic carbocycles. The van der Waals surface area contributed by atoms with E-state index in [4.69, 9.17) is 15.2 Å². The number of halogens is 1. The Morgan fingerprint density at radius 1 is 1.27 bits per heavy atom. The molecule has 3 nitrogen and oxygen atoms in total. The summed E-state index contributed by atoms with van der Waals surface area (Å²) in [6, 6.07) is 3.72. The van der Waals surface area contributed by atoms with Crippen molar-refractivity contribution in [2.24, 2.45) is 0 Å². The first-order valence-corrected chi connectivity index (χ1v) is 4.20. The molecule has 1 heterocycles. The van der Waals surface area contributed by atoms with E-state index in [0.717, 1.165) is 9.32 Å². The highest BCUT2D eigenvalue weighted by atomic mass is 127. The molecule has 1 aromatic rings. The Balaban J connectivity index is 2.64. The first-order chi connectivity index (χ1) is 5.29. The van der Waals surface area contributed by atoms with Crippen LogP contribution < -0.4 is 15.2 Å². The molecule has 0 amide bonds. The molecule has 0 unspecified atom stereocenters. The van der Waals surface area contributed by atoms with Gasteiger partial charge in [0.25, 0.3) is 0 Å². The molecule has 0 aromatic heterocycles. The second kappa shape index (κ2) is 2.44. The second-order valence-electron chi connectivity index (χ2n) is 2.20. The van der Waals surface area contributed by atoms with Crippen LogP contribution in [0.1, 0.15) is 0 Å². The zero-order valence-corrected chi connectivity index (χ0v) is 7.79. The lowest BCUT2D eigenvalue weighted by molar-refractivity contribution is 0.174. The van der Waals surface area contributed by atoms with E-state index in [1.54, 1.807) is 0 Å². The Bertz CT molecular complexity index is 272. The summed E-state index contributed by atoms with van der Waals surface area (Å²) in [5.74, 6) is 1.45. The van der Waals surface area contributed by atoms with Gasteiger partial charge in [0.2, 0.25) is 6.79 Å². The molecule has 1 aliphatic heterocycles. The summed E-state index contributed by atoms with van der Waals surface area (Å²) in [5.41, 5.74) is 6.27. The Hall–Kier alpha value is -0.650. The predicted octanol–water partition coefficient (Wildman–Crippen LogP) is 1.60. The van der Waals surface area contributed by atoms with Crippen LogP contribution in [0, 0.1) is 3.57 Å². The van der Waals surface area contributed by atoms with Crippen molar-refractivity contribution in [3.8, 4) is 11.5 Å². The van der Waals surface area contributed by atoms with Crippen molar-refractivity contribution in [2.45, 2.75) is 0 Å². The monoisotopic (exact) mass is 263 g/mol. The number of nitrogen functional groups attached to an aromatic ring is 1. The zero-order chi connectivity index (χ0) is 7.84. The van der Waals surface area contributed by atoms with Gasteiger partial charge in [0.1, 0.15) is 0 Å². The third-order valence-corrected chi connectivity index (χ3v) is 2.35. The van der Waals surface area contributed by atoms with Crippen molar-refractivity contribution >= 4 is 28.3 Å². The zero-order valence-electron chi connectivity index (χ0n) is 5.63. The number of benzene rings is 1. The summed E-state index contributed by atoms with van der Waals surface area (Å²) in [6.07, 6.45) is 0. The van der Waals surface area contributed by atoms with Gasteiger partial charge in [-0.3, -0.25) is 0 Å². The third-order valence-electron chi connectivity index (χ3n) is 1.50. The maximum Gasteiger partial charge on any atom is 0.231 e. The van der Waals surface area contributed by atoms with E-state index in [1.807, 2.05) is 12.1 Å². The van der Waals surface area contributed by atoms with Gasteiger partial charge in [-0.05, 0) is 34.7 Å². The van der Waals surface area contributed by atoms with E-state index in [2.05, 4.69) is 22.6 Å². The highest BCUT2D eigenvalue weighted by molar-refractivity contribution is 14.1. The number of rotatable bonds is 0. The van der Waals surface area contributed by atoms with Gasteiger partial charge in [0.15, 0.2) is 11.5 Å². The smallest absolute Gasteiger partial charge is 0.231 e. The van der Waals surface area contributed by atoms with Gasteiger partial charge in [-0.2, -0.15) is 0 Å². The molecule has 0 spiro atoms. The largest absolute Gasteiger partial charge is 0.452 e. The lowest BCUT2D eigenvalue weighted by atomic mass is 10.3. The van der Waals surface area contributed by atoms with Crippen LogP contribution in [0.2, 0.25) is 0 Å². The Morgan fingerprint density at radius 2 is 2.00 bits per heavy atom. The highest BCUT2D eigenvalue weighted by Gasteiger charge is 2.18. The van der Waals surface area contributed by atoms with Crippen molar-refractivity contribution in [1.29, 1.82) is 0 Å². The van der Waals surface area contributed by atoms with Gasteiger partial charge in [0.05, 0.1) is 9.26 Å². The lowest BCUT2D eigenvalue weighted by Crippen LogP contribution is -1.94. The van der Waals surface area contributed by atoms with E-state index in [9.17, 15) is 0 Å². The number of anilines is 1. The van der Waals surface area contributed by atoms with E-state index in [0.29, 0.717) is 11.4 Å². The van der Waals surface area contributed by atoms with Crippen LogP contribution in [0.4, 0.5) is 5.69 Å². The fraction of sp³-hybridized carbons (Fsp3) is 0.143. The molecule has 11 heavy (non-hydrogen) atoms. The molecule has 2 N–H and O–H groups in total. The second-order valence-corrected chi connectivity index (χ2v) is 3.36. The van der Waals surface area contributed by atoms with Crippen molar-refractivity contribution in [3.05, 3.63) is 15.7 Å². The minimum Gasteiger partial charge on any atom is -0.452 e. The van der Waals surface area contributed by atoms with Crippen LogP contribution >= 0.6 is 22.6 Å². The first kappa shape index (κ1) is 7.02. The third kappa shape index (κ3) is 1.01. The maximum absolute atomic E-state index is 5.63. The summed E-state index contributed by atoms with van der Waals surface area (Å²) in [5, 5.41) is 0. The molecule has 1 aliphatic rings. The number of hydrogen-bond acceptors (Lipinski definition) is 3. The van der Waals surface area contributed by atoms with Crippen molar-refractivity contribution in [3.63, 3.8) is 0 Å². The fourth-order valence-corrected chi connectivity index (χ4v) is 1.56. The van der Waals surface area contributed by atoms with Gasteiger partial charge in [-0.1, -0.05) is 0 Å². The van der Waals surface area contributed by atoms with E-state index in [1.165, 1.54) is 0 Å². The summed E-state index contributed by atoms with van der Waals surface area (Å²) in [7, 11) is 0. The normalized spacial score (nSPS) is 13.5. The van der Waals surface area contributed by atoms with Crippen LogP contribution in [0.15, 0.2) is 12.1 Å². The van der Waals surface area contributed by atoms with E-state index < -0.39 is 0 Å². The summed E-state index contributed by atoms with van der Waals surface area (Å²) >= 11 is 2.18. The number of nitrogens with two attached hydrogens (primary N) is 1. The standard InChI is InChI=1S/C7H6INO2/c8-4-1-2-5(9)7-6(4)10-3-11-7/h1-2H,3,9H2. The topological polar surface area (TPSA) is 44.5 Å². The van der Waals surface area contributed by atoms with Gasteiger partial charge < -0.3 is 15.2 Å². The van der Waals surface area contributed by atoms with Gasteiger partial charge in [-0.15, -0.1) is 0 Å². The molecule has 0 radical (unpaired) electrons. The highest BCUT2D eigenvalue weighted by Crippen LogP contribution is 2.40. The molecule has 4 heteroatoms. The van der Waals surface area contributed by atoms with Crippen LogP contribution in [0.3, 0.4) is 0 Å². The van der Waals surface area contributed by atoms with E-state index >= 15 is 0 Å². The molecular weight excluding hydrogens is 257 g/mol. The Labute approximate surface area is 77.6 Å². The molecule has 2 rings (SSSR count). The molecular formula is C7H6INO2. The SMILES string of the molecule is Nc1ccc(I)c2c1OCO2. The molecule has 0 fully saturated rings. The van der Waals surface area contributed by atoms with Gasteiger partial charge in [-0.25, -0.2) is 0 Å². The number of fused-ring (bicyclic) bond motifs is 1. The van der Waals surface area contributed by atoms with Crippen molar-refractivity contribution in [2.75, 3.05) is 12.5 Å². The van der Waals surface area contributed by atoms with Crippen LogP contribution in [0.25, 0.3) is 0 Å². The number of ether oxygens (including phenoxy) is 2. The van der Waals surface area contributed by atoms with Gasteiger partial charge in [0, 0.05) is 0 Å². The molecule has 0 saturated carbocycles. The van der Waals surface area contributed by atoms with Crippen LogP contribution in [0.5, 0.6) is 11.5 Å². The van der Waals surface area contributed by atoms with Gasteiger partial charge >= 0.3 is 0 Å². The molecule has 0 atom stereocenters. The lowest BCUT2D eigenvalue weighted by Gasteiger charge is -2.00. The first-order valence-electron chi connectivity index (χ1n) is 3.12. The summed E-state index contributed by atoms with van der Waals surface area (Å²) in [4.78, 5) is 0. The average molecular weight is 263 g/mol. The Morgan fingerprint density at radius 3 is 2.73 bits per heavy atom. The molecule has 0 bridgehead atoms. The Kier molecular flexibility index (Phi) is 1.56. The van der Waals surface area contributed by atoms with Crippen molar-refractivity contribution < 1.29 is 9.47 Å².